The summed E-state index contributed by atoms with van der Waals surface area (Å²) in [6, 6.07) is 8.66. The van der Waals surface area contributed by atoms with Crippen molar-refractivity contribution in [3.63, 3.8) is 0 Å². The van der Waals surface area contributed by atoms with Gasteiger partial charge in [-0.3, -0.25) is 0 Å². The number of hydrogen-bond acceptors (Lipinski definition) is 0. The minimum atomic E-state index is 0.225. The van der Waals surface area contributed by atoms with Gasteiger partial charge in [0.1, 0.15) is 0 Å². The molecule has 0 aliphatic heterocycles. The molecule has 0 bridgehead atoms. The van der Waals surface area contributed by atoms with E-state index in [0.717, 1.165) is 0 Å². The van der Waals surface area contributed by atoms with Gasteiger partial charge in [0.05, 0.1) is 0 Å². The summed E-state index contributed by atoms with van der Waals surface area (Å²) in [5, 5.41) is 0. The van der Waals surface area contributed by atoms with Crippen molar-refractivity contribution in [2.75, 3.05) is 0 Å². The third kappa shape index (κ3) is 1.33. The third-order valence-electron chi connectivity index (χ3n) is 2.76. The van der Waals surface area contributed by atoms with Crippen LogP contribution in [0.25, 0.3) is 5.52 Å². The highest BCUT2D eigenvalue weighted by Gasteiger charge is 2.17. The molecule has 2 rings (SSSR count). The first-order valence-corrected chi connectivity index (χ1v) is 5.07. The smallest absolute Gasteiger partial charge is 0.0452 e. The van der Waals surface area contributed by atoms with Crippen LogP contribution >= 0.6 is 0 Å². The molecule has 74 valence electrons. The minimum Gasteiger partial charge on any atom is -0.321 e. The second-order valence-electron chi connectivity index (χ2n) is 4.89. The second-order valence-corrected chi connectivity index (χ2v) is 4.89. The molecule has 2 aromatic rings. The first-order chi connectivity index (χ1) is 6.50. The van der Waals surface area contributed by atoms with Gasteiger partial charge in [-0.05, 0) is 36.1 Å². The maximum absolute atomic E-state index is 2.25. The van der Waals surface area contributed by atoms with Crippen molar-refractivity contribution < 1.29 is 0 Å². The van der Waals surface area contributed by atoms with Crippen molar-refractivity contribution in [3.8, 4) is 0 Å². The molecule has 0 spiro atoms. The molecule has 2 heterocycles. The van der Waals surface area contributed by atoms with Gasteiger partial charge >= 0.3 is 0 Å². The van der Waals surface area contributed by atoms with E-state index in [1.807, 2.05) is 0 Å². The summed E-state index contributed by atoms with van der Waals surface area (Å²) in [5.74, 6) is 0. The van der Waals surface area contributed by atoms with Crippen LogP contribution in [-0.4, -0.2) is 4.40 Å². The Hall–Kier alpha value is -1.24. The predicted molar refractivity (Wildman–Crippen MR) is 60.8 cm³/mol. The van der Waals surface area contributed by atoms with E-state index < -0.39 is 0 Å². The lowest BCUT2D eigenvalue weighted by Gasteiger charge is -2.22. The van der Waals surface area contributed by atoms with Gasteiger partial charge in [0.15, 0.2) is 0 Å². The van der Waals surface area contributed by atoms with Gasteiger partial charge in [-0.25, -0.2) is 0 Å². The number of fused-ring (bicyclic) bond motifs is 1. The van der Waals surface area contributed by atoms with E-state index in [9.17, 15) is 0 Å². The fourth-order valence-corrected chi connectivity index (χ4v) is 2.05. The normalized spacial score (nSPS) is 12.3. The first-order valence-electron chi connectivity index (χ1n) is 5.07. The molecule has 0 aliphatic carbocycles. The first kappa shape index (κ1) is 9.32. The number of rotatable bonds is 0. The molecule has 0 radical (unpaired) electrons. The zero-order valence-electron chi connectivity index (χ0n) is 9.33. The van der Waals surface area contributed by atoms with E-state index in [1.165, 1.54) is 16.8 Å². The van der Waals surface area contributed by atoms with Crippen molar-refractivity contribution in [2.24, 2.45) is 0 Å². The molecule has 0 saturated carbocycles. The fourth-order valence-electron chi connectivity index (χ4n) is 2.05. The summed E-state index contributed by atoms with van der Waals surface area (Å²) in [7, 11) is 0. The highest BCUT2D eigenvalue weighted by Crippen LogP contribution is 2.26. The van der Waals surface area contributed by atoms with Crippen LogP contribution in [0.5, 0.6) is 0 Å². The van der Waals surface area contributed by atoms with Gasteiger partial charge < -0.3 is 4.40 Å². The van der Waals surface area contributed by atoms with Gasteiger partial charge in [-0.1, -0.05) is 26.8 Å². The van der Waals surface area contributed by atoms with Crippen molar-refractivity contribution in [1.82, 2.24) is 4.40 Å². The standard InChI is InChI=1S/C13H17N/c1-10-12(13(2,3)4)8-7-11-6-5-9-14(10)11/h5-9H,1-4H3. The maximum Gasteiger partial charge on any atom is 0.0452 e. The van der Waals surface area contributed by atoms with E-state index >= 15 is 0 Å². The highest BCUT2D eigenvalue weighted by molar-refractivity contribution is 5.51. The van der Waals surface area contributed by atoms with Crippen molar-refractivity contribution >= 4 is 5.52 Å². The quantitative estimate of drug-likeness (QED) is 0.594. The predicted octanol–water partition coefficient (Wildman–Crippen LogP) is 3.55. The molecule has 0 saturated heterocycles. The van der Waals surface area contributed by atoms with Crippen LogP contribution in [0.2, 0.25) is 0 Å². The summed E-state index contributed by atoms with van der Waals surface area (Å²) < 4.78 is 2.25. The Labute approximate surface area is 85.4 Å². The zero-order valence-corrected chi connectivity index (χ0v) is 9.33. The van der Waals surface area contributed by atoms with Crippen molar-refractivity contribution in [3.05, 3.63) is 41.7 Å². The van der Waals surface area contributed by atoms with Crippen molar-refractivity contribution in [1.29, 1.82) is 0 Å². The van der Waals surface area contributed by atoms with Gasteiger partial charge in [0, 0.05) is 17.4 Å². The average Bonchev–Trinajstić information content (AvgIpc) is 2.50. The monoisotopic (exact) mass is 187 g/mol. The summed E-state index contributed by atoms with van der Waals surface area (Å²) in [5.41, 5.74) is 4.26. The highest BCUT2D eigenvalue weighted by atomic mass is 14.9. The molecule has 0 aliphatic rings. The van der Waals surface area contributed by atoms with Gasteiger partial charge in [0.25, 0.3) is 0 Å². The summed E-state index contributed by atoms with van der Waals surface area (Å²) in [6.45, 7) is 8.95. The van der Waals surface area contributed by atoms with E-state index in [0.29, 0.717) is 0 Å². The third-order valence-corrected chi connectivity index (χ3v) is 2.76. The van der Waals surface area contributed by atoms with Gasteiger partial charge in [-0.15, -0.1) is 0 Å². The molecule has 0 fully saturated rings. The number of aryl methyl sites for hydroxylation is 1. The SMILES string of the molecule is Cc1c(C(C)(C)C)ccc2cccn12. The van der Waals surface area contributed by atoms with Gasteiger partial charge in [-0.2, -0.15) is 0 Å². The van der Waals surface area contributed by atoms with Crippen LogP contribution in [0.15, 0.2) is 30.5 Å². The largest absolute Gasteiger partial charge is 0.321 e. The Morgan fingerprint density at radius 3 is 2.43 bits per heavy atom. The number of hydrogen-bond donors (Lipinski definition) is 0. The van der Waals surface area contributed by atoms with Crippen LogP contribution in [0.3, 0.4) is 0 Å². The summed E-state index contributed by atoms with van der Waals surface area (Å²) in [4.78, 5) is 0. The molecule has 1 heteroatoms. The summed E-state index contributed by atoms with van der Waals surface area (Å²) in [6.07, 6.45) is 2.12. The molecule has 14 heavy (non-hydrogen) atoms. The Kier molecular flexibility index (Phi) is 1.91. The zero-order chi connectivity index (χ0) is 10.3. The molecule has 0 amide bonds. The van der Waals surface area contributed by atoms with Crippen LogP contribution in [0.1, 0.15) is 32.0 Å². The number of aromatic nitrogens is 1. The number of pyridine rings is 1. The Morgan fingerprint density at radius 2 is 1.79 bits per heavy atom. The fraction of sp³-hybridized carbons (Fsp3) is 0.385. The van der Waals surface area contributed by atoms with Crippen LogP contribution in [0.4, 0.5) is 0 Å². The molecule has 0 aromatic carbocycles. The minimum absolute atomic E-state index is 0.225. The lowest BCUT2D eigenvalue weighted by Crippen LogP contribution is -2.14. The van der Waals surface area contributed by atoms with E-state index in [4.69, 9.17) is 0 Å². The van der Waals surface area contributed by atoms with Gasteiger partial charge in [0.2, 0.25) is 0 Å². The lowest BCUT2D eigenvalue weighted by atomic mass is 9.86. The lowest BCUT2D eigenvalue weighted by molar-refractivity contribution is 0.581. The van der Waals surface area contributed by atoms with Crippen LogP contribution in [-0.2, 0) is 5.41 Å². The average molecular weight is 187 g/mol. The second kappa shape index (κ2) is 2.88. The topological polar surface area (TPSA) is 4.41 Å². The Bertz CT molecular complexity index is 458. The van der Waals surface area contributed by atoms with E-state index in [1.54, 1.807) is 0 Å². The van der Waals surface area contributed by atoms with Crippen molar-refractivity contribution in [2.45, 2.75) is 33.1 Å². The Balaban J connectivity index is 2.74. The van der Waals surface area contributed by atoms with E-state index in [-0.39, 0.29) is 5.41 Å². The molecule has 2 aromatic heterocycles. The maximum atomic E-state index is 2.25. The van der Waals surface area contributed by atoms with Crippen LogP contribution < -0.4 is 0 Å². The number of nitrogens with zero attached hydrogens (tertiary/aromatic N) is 1. The van der Waals surface area contributed by atoms with Crippen LogP contribution in [0, 0.1) is 6.92 Å². The molecular formula is C13H17N. The molecule has 1 nitrogen and oxygen atoms in total. The molecular weight excluding hydrogens is 170 g/mol. The summed E-state index contributed by atoms with van der Waals surface area (Å²) >= 11 is 0. The molecule has 0 unspecified atom stereocenters. The molecule has 0 N–H and O–H groups in total. The Morgan fingerprint density at radius 1 is 1.07 bits per heavy atom. The van der Waals surface area contributed by atoms with E-state index in [2.05, 4.69) is 62.6 Å². The molecule has 0 atom stereocenters.